The van der Waals surface area contributed by atoms with E-state index in [1.54, 1.807) is 0 Å². The summed E-state index contributed by atoms with van der Waals surface area (Å²) < 4.78 is 0. The van der Waals surface area contributed by atoms with E-state index >= 15 is 0 Å². The first-order valence-electron chi connectivity index (χ1n) is 7.51. The minimum atomic E-state index is 0.0960. The van der Waals surface area contributed by atoms with Crippen LogP contribution in [0.25, 0.3) is 0 Å². The van der Waals surface area contributed by atoms with Crippen LogP contribution < -0.4 is 10.2 Å². The number of anilines is 2. The van der Waals surface area contributed by atoms with Crippen molar-refractivity contribution in [2.45, 2.75) is 34.1 Å². The van der Waals surface area contributed by atoms with Crippen LogP contribution in [-0.2, 0) is 4.79 Å². The predicted octanol–water partition coefficient (Wildman–Crippen LogP) is 3.52. The van der Waals surface area contributed by atoms with Gasteiger partial charge in [0.2, 0.25) is 5.91 Å². The van der Waals surface area contributed by atoms with Crippen LogP contribution in [0, 0.1) is 16.7 Å². The van der Waals surface area contributed by atoms with Crippen LogP contribution in [0.15, 0.2) is 24.3 Å². The van der Waals surface area contributed by atoms with E-state index in [0.29, 0.717) is 0 Å². The second-order valence-electron chi connectivity index (χ2n) is 7.16. The Labute approximate surface area is 121 Å². The van der Waals surface area contributed by atoms with Crippen molar-refractivity contribution in [2.24, 2.45) is 16.7 Å². The number of fused-ring (bicyclic) bond motifs is 1. The van der Waals surface area contributed by atoms with Crippen molar-refractivity contribution in [3.63, 3.8) is 0 Å². The predicted molar refractivity (Wildman–Crippen MR) is 83.0 cm³/mol. The number of hydrogen-bond donors (Lipinski definition) is 1. The van der Waals surface area contributed by atoms with E-state index in [9.17, 15) is 4.79 Å². The molecule has 1 aromatic rings. The summed E-state index contributed by atoms with van der Waals surface area (Å²) in [6.07, 6.45) is 0.994. The number of benzene rings is 1. The molecular formula is C17H24N2O. The van der Waals surface area contributed by atoms with Gasteiger partial charge >= 0.3 is 0 Å². The number of carbonyl (C=O) groups is 1. The lowest BCUT2D eigenvalue weighted by atomic mass is 10.0. The van der Waals surface area contributed by atoms with Gasteiger partial charge in [0.15, 0.2) is 0 Å². The zero-order valence-electron chi connectivity index (χ0n) is 12.9. The molecule has 1 aromatic carbocycles. The summed E-state index contributed by atoms with van der Waals surface area (Å²) in [5, 5.41) is 3.42. The molecule has 1 amide bonds. The number of rotatable bonds is 1. The van der Waals surface area contributed by atoms with E-state index in [4.69, 9.17) is 0 Å². The maximum Gasteiger partial charge on any atom is 0.231 e. The molecule has 3 rings (SSSR count). The van der Waals surface area contributed by atoms with Crippen molar-refractivity contribution in [3.8, 4) is 0 Å². The average Bonchev–Trinajstić information content (AvgIpc) is 2.90. The van der Waals surface area contributed by atoms with Gasteiger partial charge in [-0.2, -0.15) is 0 Å². The fraction of sp³-hybridized carbons (Fsp3) is 0.588. The molecule has 1 saturated carbocycles. The molecule has 1 N–H and O–H groups in total. The molecule has 0 bridgehead atoms. The van der Waals surface area contributed by atoms with E-state index < -0.39 is 0 Å². The van der Waals surface area contributed by atoms with E-state index in [0.717, 1.165) is 30.9 Å². The molecule has 0 atom stereocenters. The minimum absolute atomic E-state index is 0.0960. The van der Waals surface area contributed by atoms with Gasteiger partial charge in [0, 0.05) is 19.0 Å². The summed E-state index contributed by atoms with van der Waals surface area (Å²) in [6, 6.07) is 8.14. The standard InChI is InChI=1S/C17H24N2O/c1-16(2)14(17(16,3)4)15(20)19-11-7-10-18-12-8-5-6-9-13(12)19/h5-6,8-9,14,18H,7,10-11H2,1-4H3. The molecule has 0 radical (unpaired) electrons. The third-order valence-electron chi connectivity index (χ3n) is 5.60. The molecule has 0 saturated heterocycles. The second kappa shape index (κ2) is 4.24. The highest BCUT2D eigenvalue weighted by Crippen LogP contribution is 2.69. The maximum atomic E-state index is 13.0. The second-order valence-corrected chi connectivity index (χ2v) is 7.16. The SMILES string of the molecule is CC1(C)C(C(=O)N2CCCNc3ccccc32)C1(C)C. The molecule has 1 aliphatic carbocycles. The van der Waals surface area contributed by atoms with Gasteiger partial charge in [-0.3, -0.25) is 4.79 Å². The van der Waals surface area contributed by atoms with Gasteiger partial charge in [-0.1, -0.05) is 39.8 Å². The van der Waals surface area contributed by atoms with Crippen molar-refractivity contribution in [1.82, 2.24) is 0 Å². The maximum absolute atomic E-state index is 13.0. The van der Waals surface area contributed by atoms with Crippen molar-refractivity contribution >= 4 is 17.3 Å². The smallest absolute Gasteiger partial charge is 0.231 e. The zero-order chi connectivity index (χ0) is 14.5. The monoisotopic (exact) mass is 272 g/mol. The average molecular weight is 272 g/mol. The van der Waals surface area contributed by atoms with Crippen molar-refractivity contribution < 1.29 is 4.79 Å². The summed E-state index contributed by atoms with van der Waals surface area (Å²) in [4.78, 5) is 15.0. The van der Waals surface area contributed by atoms with E-state index in [1.165, 1.54) is 0 Å². The lowest BCUT2D eigenvalue weighted by Crippen LogP contribution is -2.34. The Morgan fingerprint density at radius 2 is 1.85 bits per heavy atom. The first-order valence-corrected chi connectivity index (χ1v) is 7.51. The fourth-order valence-electron chi connectivity index (χ4n) is 3.64. The number of nitrogens with one attached hydrogen (secondary N) is 1. The highest BCUT2D eigenvalue weighted by Gasteiger charge is 2.68. The van der Waals surface area contributed by atoms with Crippen molar-refractivity contribution in [2.75, 3.05) is 23.3 Å². The van der Waals surface area contributed by atoms with Crippen LogP contribution in [0.3, 0.4) is 0 Å². The lowest BCUT2D eigenvalue weighted by Gasteiger charge is -2.23. The molecule has 3 nitrogen and oxygen atoms in total. The quantitative estimate of drug-likeness (QED) is 0.848. The number of hydrogen-bond acceptors (Lipinski definition) is 2. The molecule has 0 aromatic heterocycles. The molecule has 1 aliphatic heterocycles. The number of amides is 1. The van der Waals surface area contributed by atoms with Gasteiger partial charge < -0.3 is 10.2 Å². The van der Waals surface area contributed by atoms with Gasteiger partial charge in [-0.25, -0.2) is 0 Å². The Balaban J connectivity index is 1.93. The Morgan fingerprint density at radius 1 is 1.20 bits per heavy atom. The van der Waals surface area contributed by atoms with Crippen LogP contribution in [0.2, 0.25) is 0 Å². The number of para-hydroxylation sites is 2. The first-order chi connectivity index (χ1) is 9.37. The summed E-state index contributed by atoms with van der Waals surface area (Å²) in [7, 11) is 0. The van der Waals surface area contributed by atoms with Gasteiger partial charge in [-0.15, -0.1) is 0 Å². The highest BCUT2D eigenvalue weighted by atomic mass is 16.2. The Hall–Kier alpha value is -1.51. The van der Waals surface area contributed by atoms with Gasteiger partial charge in [-0.05, 0) is 29.4 Å². The van der Waals surface area contributed by atoms with E-state index in [1.807, 2.05) is 23.1 Å². The molecule has 0 spiro atoms. The molecule has 1 heterocycles. The van der Waals surface area contributed by atoms with Crippen molar-refractivity contribution in [1.29, 1.82) is 0 Å². The molecule has 20 heavy (non-hydrogen) atoms. The Bertz CT molecular complexity index is 534. The first kappa shape index (κ1) is 13.5. The van der Waals surface area contributed by atoms with E-state index in [-0.39, 0.29) is 22.7 Å². The molecular weight excluding hydrogens is 248 g/mol. The van der Waals surface area contributed by atoms with Crippen LogP contribution in [0.5, 0.6) is 0 Å². The lowest BCUT2D eigenvalue weighted by molar-refractivity contribution is -0.120. The van der Waals surface area contributed by atoms with Crippen LogP contribution >= 0.6 is 0 Å². The normalized spacial score (nSPS) is 23.5. The summed E-state index contributed by atoms with van der Waals surface area (Å²) in [5.41, 5.74) is 2.31. The van der Waals surface area contributed by atoms with Crippen LogP contribution in [0.1, 0.15) is 34.1 Å². The summed E-state index contributed by atoms with van der Waals surface area (Å²) in [6.45, 7) is 10.6. The zero-order valence-corrected chi connectivity index (χ0v) is 12.9. The van der Waals surface area contributed by atoms with Gasteiger partial charge in [0.1, 0.15) is 0 Å². The van der Waals surface area contributed by atoms with Crippen LogP contribution in [-0.4, -0.2) is 19.0 Å². The van der Waals surface area contributed by atoms with Crippen molar-refractivity contribution in [3.05, 3.63) is 24.3 Å². The third-order valence-corrected chi connectivity index (χ3v) is 5.60. The molecule has 108 valence electrons. The van der Waals surface area contributed by atoms with Crippen LogP contribution in [0.4, 0.5) is 11.4 Å². The van der Waals surface area contributed by atoms with Gasteiger partial charge in [0.25, 0.3) is 0 Å². The molecule has 2 aliphatic rings. The summed E-state index contributed by atoms with van der Waals surface area (Å²) in [5.74, 6) is 0.414. The highest BCUT2D eigenvalue weighted by molar-refractivity contribution is 6.01. The van der Waals surface area contributed by atoms with Gasteiger partial charge in [0.05, 0.1) is 11.4 Å². The Kier molecular flexibility index (Phi) is 2.86. The summed E-state index contributed by atoms with van der Waals surface area (Å²) >= 11 is 0. The fourth-order valence-corrected chi connectivity index (χ4v) is 3.64. The largest absolute Gasteiger partial charge is 0.383 e. The molecule has 0 unspecified atom stereocenters. The Morgan fingerprint density at radius 3 is 2.50 bits per heavy atom. The number of carbonyl (C=O) groups excluding carboxylic acids is 1. The third kappa shape index (κ3) is 1.75. The topological polar surface area (TPSA) is 32.3 Å². The van der Waals surface area contributed by atoms with E-state index in [2.05, 4.69) is 39.1 Å². The minimum Gasteiger partial charge on any atom is -0.383 e. The molecule has 1 fully saturated rings. The number of nitrogens with zero attached hydrogens (tertiary/aromatic N) is 1. The molecule has 3 heteroatoms.